The Hall–Kier alpha value is -1.79. The van der Waals surface area contributed by atoms with Crippen molar-refractivity contribution >= 4 is 22.4 Å². The van der Waals surface area contributed by atoms with Crippen molar-refractivity contribution in [3.05, 3.63) is 40.9 Å². The first-order valence-electron chi connectivity index (χ1n) is 7.50. The Labute approximate surface area is 134 Å². The van der Waals surface area contributed by atoms with Crippen LogP contribution in [-0.4, -0.2) is 29.3 Å². The lowest BCUT2D eigenvalue weighted by molar-refractivity contribution is -0.117. The van der Waals surface area contributed by atoms with Crippen LogP contribution >= 0.6 is 11.3 Å². The van der Waals surface area contributed by atoms with Gasteiger partial charge in [-0.1, -0.05) is 48.6 Å². The van der Waals surface area contributed by atoms with Gasteiger partial charge in [-0.15, -0.1) is 10.2 Å². The highest BCUT2D eigenvalue weighted by Crippen LogP contribution is 2.23. The molecule has 2 aromatic rings. The largest absolute Gasteiger partial charge is 0.381 e. The molecule has 22 heavy (non-hydrogen) atoms. The maximum Gasteiger partial charge on any atom is 0.233 e. The van der Waals surface area contributed by atoms with E-state index in [1.54, 1.807) is 0 Å². The number of aromatic nitrogens is 2. The smallest absolute Gasteiger partial charge is 0.233 e. The second-order valence-electron chi connectivity index (χ2n) is 4.81. The van der Waals surface area contributed by atoms with E-state index in [1.807, 2.05) is 44.2 Å². The summed E-state index contributed by atoms with van der Waals surface area (Å²) in [5, 5.41) is 12.4. The normalized spacial score (nSPS) is 12.1. The number of benzene rings is 1. The molecule has 0 unspecified atom stereocenters. The molecule has 1 atom stereocenters. The third-order valence-corrected chi connectivity index (χ3v) is 4.19. The van der Waals surface area contributed by atoms with Gasteiger partial charge in [-0.05, 0) is 18.9 Å². The second kappa shape index (κ2) is 8.60. The Morgan fingerprint density at radius 3 is 2.73 bits per heavy atom. The molecule has 0 saturated carbocycles. The molecule has 0 radical (unpaired) electrons. The van der Waals surface area contributed by atoms with E-state index in [-0.39, 0.29) is 11.8 Å². The fraction of sp³-hybridized carbons (Fsp3) is 0.438. The van der Waals surface area contributed by atoms with E-state index in [4.69, 9.17) is 4.74 Å². The van der Waals surface area contributed by atoms with Crippen molar-refractivity contribution in [3.63, 3.8) is 0 Å². The highest BCUT2D eigenvalue weighted by Gasteiger charge is 2.19. The molecule has 6 heteroatoms. The molecular weight excluding hydrogens is 298 g/mol. The third kappa shape index (κ3) is 4.61. The number of anilines is 1. The van der Waals surface area contributed by atoms with E-state index in [9.17, 15) is 4.79 Å². The highest BCUT2D eigenvalue weighted by molar-refractivity contribution is 7.15. The van der Waals surface area contributed by atoms with Crippen molar-refractivity contribution in [2.75, 3.05) is 18.5 Å². The zero-order valence-electron chi connectivity index (χ0n) is 12.9. The number of rotatable bonds is 8. The van der Waals surface area contributed by atoms with Crippen LogP contribution in [0.15, 0.2) is 30.3 Å². The molecule has 1 aromatic carbocycles. The molecule has 0 bridgehead atoms. The molecule has 0 aliphatic heterocycles. The first-order chi connectivity index (χ1) is 10.7. The molecule has 1 aromatic heterocycles. The van der Waals surface area contributed by atoms with Crippen LogP contribution in [0.4, 0.5) is 5.13 Å². The molecule has 5 nitrogen and oxygen atoms in total. The van der Waals surface area contributed by atoms with Gasteiger partial charge in [-0.3, -0.25) is 10.1 Å². The van der Waals surface area contributed by atoms with Crippen molar-refractivity contribution in [1.29, 1.82) is 0 Å². The number of ether oxygens (including phenoxy) is 1. The molecule has 2 rings (SSSR count). The van der Waals surface area contributed by atoms with Gasteiger partial charge in [-0.2, -0.15) is 0 Å². The summed E-state index contributed by atoms with van der Waals surface area (Å²) in [5.74, 6) is -0.210. The summed E-state index contributed by atoms with van der Waals surface area (Å²) >= 11 is 1.40. The van der Waals surface area contributed by atoms with Crippen molar-refractivity contribution < 1.29 is 9.53 Å². The molecular formula is C16H21N3O2S. The minimum atomic E-state index is -0.169. The average molecular weight is 319 g/mol. The van der Waals surface area contributed by atoms with E-state index in [2.05, 4.69) is 15.5 Å². The van der Waals surface area contributed by atoms with Crippen LogP contribution in [0.3, 0.4) is 0 Å². The highest BCUT2D eigenvalue weighted by atomic mass is 32.1. The molecule has 1 heterocycles. The van der Waals surface area contributed by atoms with Crippen LogP contribution in [0.2, 0.25) is 0 Å². The molecule has 0 aliphatic carbocycles. The Kier molecular flexibility index (Phi) is 6.48. The van der Waals surface area contributed by atoms with E-state index in [0.29, 0.717) is 18.3 Å². The predicted molar refractivity (Wildman–Crippen MR) is 88.2 cm³/mol. The van der Waals surface area contributed by atoms with Gasteiger partial charge in [0.05, 0.1) is 12.5 Å². The quantitative estimate of drug-likeness (QED) is 0.759. The minimum Gasteiger partial charge on any atom is -0.381 e. The number of carbonyl (C=O) groups excluding carboxylic acids is 1. The number of nitrogens with zero attached hydrogens (tertiary/aromatic N) is 2. The molecule has 0 spiro atoms. The second-order valence-corrected chi connectivity index (χ2v) is 5.87. The van der Waals surface area contributed by atoms with Crippen LogP contribution in [0.1, 0.15) is 36.8 Å². The van der Waals surface area contributed by atoms with Crippen LogP contribution < -0.4 is 5.32 Å². The standard InChI is InChI=1S/C16H21N3O2S/c1-3-13(12-8-6-5-7-9-12)15(20)17-16-19-18-14(22-16)10-11-21-4-2/h5-9,13H,3-4,10-11H2,1-2H3,(H,17,19,20)/t13-/m0/s1. The van der Waals surface area contributed by atoms with Gasteiger partial charge in [0.15, 0.2) is 0 Å². The van der Waals surface area contributed by atoms with Crippen molar-refractivity contribution in [3.8, 4) is 0 Å². The predicted octanol–water partition coefficient (Wildman–Crippen LogP) is 3.25. The summed E-state index contributed by atoms with van der Waals surface area (Å²) in [4.78, 5) is 12.4. The van der Waals surface area contributed by atoms with Crippen LogP contribution in [0.5, 0.6) is 0 Å². The summed E-state index contributed by atoms with van der Waals surface area (Å²) in [7, 11) is 0. The average Bonchev–Trinajstić information content (AvgIpc) is 2.97. The van der Waals surface area contributed by atoms with Crippen molar-refractivity contribution in [1.82, 2.24) is 10.2 Å². The number of hydrogen-bond acceptors (Lipinski definition) is 5. The maximum absolute atomic E-state index is 12.4. The summed E-state index contributed by atoms with van der Waals surface area (Å²) < 4.78 is 5.29. The van der Waals surface area contributed by atoms with E-state index < -0.39 is 0 Å². The van der Waals surface area contributed by atoms with Crippen LogP contribution in [0.25, 0.3) is 0 Å². The van der Waals surface area contributed by atoms with Gasteiger partial charge in [0.25, 0.3) is 0 Å². The zero-order chi connectivity index (χ0) is 15.8. The minimum absolute atomic E-state index is 0.0405. The molecule has 118 valence electrons. The summed E-state index contributed by atoms with van der Waals surface area (Å²) in [6.45, 7) is 5.28. The first kappa shape index (κ1) is 16.6. The first-order valence-corrected chi connectivity index (χ1v) is 8.32. The van der Waals surface area contributed by atoms with Crippen LogP contribution in [0, 0.1) is 0 Å². The summed E-state index contributed by atoms with van der Waals surface area (Å²) in [5.41, 5.74) is 1.02. The SMILES string of the molecule is CCOCCc1nnc(NC(=O)[C@@H](CC)c2ccccc2)s1. The number of amides is 1. The molecule has 0 saturated heterocycles. The maximum atomic E-state index is 12.4. The molecule has 0 fully saturated rings. The fourth-order valence-corrected chi connectivity index (χ4v) is 2.88. The lowest BCUT2D eigenvalue weighted by atomic mass is 9.96. The van der Waals surface area contributed by atoms with Gasteiger partial charge >= 0.3 is 0 Å². The zero-order valence-corrected chi connectivity index (χ0v) is 13.7. The number of nitrogens with one attached hydrogen (secondary N) is 1. The Morgan fingerprint density at radius 1 is 1.27 bits per heavy atom. The van der Waals surface area contributed by atoms with Crippen molar-refractivity contribution in [2.45, 2.75) is 32.6 Å². The van der Waals surface area contributed by atoms with E-state index in [1.165, 1.54) is 11.3 Å². The number of hydrogen-bond donors (Lipinski definition) is 1. The van der Waals surface area contributed by atoms with Gasteiger partial charge in [-0.25, -0.2) is 0 Å². The Morgan fingerprint density at radius 2 is 2.05 bits per heavy atom. The Balaban J connectivity index is 1.96. The third-order valence-electron chi connectivity index (χ3n) is 3.29. The van der Waals surface area contributed by atoms with E-state index >= 15 is 0 Å². The fourth-order valence-electron chi connectivity index (χ4n) is 2.16. The van der Waals surface area contributed by atoms with Crippen molar-refractivity contribution in [2.24, 2.45) is 0 Å². The lowest BCUT2D eigenvalue weighted by Gasteiger charge is -2.13. The van der Waals surface area contributed by atoms with Gasteiger partial charge in [0, 0.05) is 13.0 Å². The Bertz CT molecular complexity index is 586. The molecule has 0 aliphatic rings. The molecule has 1 amide bonds. The molecule has 1 N–H and O–H groups in total. The topological polar surface area (TPSA) is 64.1 Å². The van der Waals surface area contributed by atoms with E-state index in [0.717, 1.165) is 23.4 Å². The van der Waals surface area contributed by atoms with Gasteiger partial charge in [0.1, 0.15) is 5.01 Å². The lowest BCUT2D eigenvalue weighted by Crippen LogP contribution is -2.20. The number of carbonyl (C=O) groups is 1. The van der Waals surface area contributed by atoms with Crippen LogP contribution in [-0.2, 0) is 16.0 Å². The monoisotopic (exact) mass is 319 g/mol. The van der Waals surface area contributed by atoms with Gasteiger partial charge in [0.2, 0.25) is 11.0 Å². The summed E-state index contributed by atoms with van der Waals surface area (Å²) in [6, 6.07) is 9.79. The summed E-state index contributed by atoms with van der Waals surface area (Å²) in [6.07, 6.45) is 1.46. The van der Waals surface area contributed by atoms with Gasteiger partial charge < -0.3 is 4.74 Å².